The van der Waals surface area contributed by atoms with Crippen molar-refractivity contribution in [1.29, 1.82) is 0 Å². The summed E-state index contributed by atoms with van der Waals surface area (Å²) >= 11 is 0. The molecular weight excluding hydrogens is 701 g/mol. The Hall–Kier alpha value is -7.83. The van der Waals surface area contributed by atoms with Gasteiger partial charge < -0.3 is 13.4 Å². The Balaban J connectivity index is 1.16. The van der Waals surface area contributed by atoms with Crippen LogP contribution in [0.5, 0.6) is 0 Å². The number of rotatable bonds is 5. The molecule has 0 fully saturated rings. The highest BCUT2D eigenvalue weighted by Crippen LogP contribution is 2.43. The lowest BCUT2D eigenvalue weighted by Gasteiger charge is -2.13. The molecule has 0 saturated carbocycles. The SMILES string of the molecule is c1ccc(-c2nc(-c3cccc4oc5ccccc5c34)nc(-c3cccc4c5ccccc5n(-c5cccc6c5oc5cccc(-c7ccccc7)c56)c34)n2)cc1. The van der Waals surface area contributed by atoms with Crippen LogP contribution in [0.2, 0.25) is 0 Å². The van der Waals surface area contributed by atoms with E-state index in [-0.39, 0.29) is 0 Å². The van der Waals surface area contributed by atoms with Gasteiger partial charge in [-0.15, -0.1) is 0 Å². The van der Waals surface area contributed by atoms with E-state index in [1.54, 1.807) is 0 Å². The quantitative estimate of drug-likeness (QED) is 0.176. The summed E-state index contributed by atoms with van der Waals surface area (Å²) in [6.45, 7) is 0. The lowest BCUT2D eigenvalue weighted by molar-refractivity contribution is 0.666. The Labute approximate surface area is 325 Å². The van der Waals surface area contributed by atoms with Crippen LogP contribution in [0, 0.1) is 0 Å². The fourth-order valence-electron chi connectivity index (χ4n) is 8.61. The van der Waals surface area contributed by atoms with Crippen LogP contribution in [0.15, 0.2) is 191 Å². The Kier molecular flexibility index (Phi) is 6.83. The van der Waals surface area contributed by atoms with Gasteiger partial charge in [0.05, 0.1) is 16.7 Å². The zero-order chi connectivity index (χ0) is 37.5. The predicted octanol–water partition coefficient (Wildman–Crippen LogP) is 13.4. The van der Waals surface area contributed by atoms with Crippen molar-refractivity contribution in [3.63, 3.8) is 0 Å². The number of furan rings is 2. The molecule has 8 aromatic carbocycles. The number of para-hydroxylation sites is 4. The lowest BCUT2D eigenvalue weighted by atomic mass is 9.99. The summed E-state index contributed by atoms with van der Waals surface area (Å²) in [5.74, 6) is 1.73. The zero-order valence-electron chi connectivity index (χ0n) is 30.4. The van der Waals surface area contributed by atoms with Crippen molar-refractivity contribution >= 4 is 65.7 Å². The largest absolute Gasteiger partial charge is 0.456 e. The van der Waals surface area contributed by atoms with Crippen LogP contribution in [-0.4, -0.2) is 19.5 Å². The van der Waals surface area contributed by atoms with Crippen molar-refractivity contribution in [2.24, 2.45) is 0 Å². The Morgan fingerprint density at radius 1 is 0.351 bits per heavy atom. The van der Waals surface area contributed by atoms with E-state index < -0.39 is 0 Å². The van der Waals surface area contributed by atoms with Gasteiger partial charge in [0.25, 0.3) is 0 Å². The number of nitrogens with zero attached hydrogens (tertiary/aromatic N) is 4. The summed E-state index contributed by atoms with van der Waals surface area (Å²) < 4.78 is 15.5. The maximum atomic E-state index is 6.86. The highest BCUT2D eigenvalue weighted by molar-refractivity contribution is 6.18. The number of hydrogen-bond donors (Lipinski definition) is 0. The van der Waals surface area contributed by atoms with Crippen LogP contribution in [-0.2, 0) is 0 Å². The van der Waals surface area contributed by atoms with Gasteiger partial charge in [-0.05, 0) is 47.5 Å². The molecule has 0 spiro atoms. The van der Waals surface area contributed by atoms with E-state index in [0.717, 1.165) is 99.2 Å². The molecule has 0 aliphatic heterocycles. The lowest BCUT2D eigenvalue weighted by Crippen LogP contribution is -2.02. The maximum absolute atomic E-state index is 6.86. The third-order valence-electron chi connectivity index (χ3n) is 11.1. The van der Waals surface area contributed by atoms with Crippen molar-refractivity contribution in [3.8, 4) is 51.0 Å². The topological polar surface area (TPSA) is 69.9 Å². The van der Waals surface area contributed by atoms with Gasteiger partial charge in [0.15, 0.2) is 23.1 Å². The average molecular weight is 731 g/mol. The van der Waals surface area contributed by atoms with E-state index in [9.17, 15) is 0 Å². The molecule has 266 valence electrons. The highest BCUT2D eigenvalue weighted by Gasteiger charge is 2.24. The van der Waals surface area contributed by atoms with Gasteiger partial charge in [-0.25, -0.2) is 15.0 Å². The van der Waals surface area contributed by atoms with Gasteiger partial charge in [0.2, 0.25) is 0 Å². The fourth-order valence-corrected chi connectivity index (χ4v) is 8.61. The van der Waals surface area contributed by atoms with Crippen molar-refractivity contribution in [3.05, 3.63) is 182 Å². The van der Waals surface area contributed by atoms with Crippen LogP contribution in [0.3, 0.4) is 0 Å². The second kappa shape index (κ2) is 12.3. The fraction of sp³-hybridized carbons (Fsp3) is 0. The van der Waals surface area contributed by atoms with Gasteiger partial charge in [0, 0.05) is 49.0 Å². The first-order valence-electron chi connectivity index (χ1n) is 19.0. The molecule has 0 aliphatic rings. The maximum Gasteiger partial charge on any atom is 0.166 e. The standard InChI is InChI=1S/C51H30N4O2/c1-3-15-31(16-4-1)33-21-13-30-44-45(33)37-23-12-27-41(48(37)57-44)55-40-26-9-7-19-34(40)35-22-11-25-39(47(35)55)51-53-49(32-17-5-2-6-18-32)52-50(54-51)38-24-14-29-43-46(38)36-20-8-10-28-42(36)56-43/h1-30H. The van der Waals surface area contributed by atoms with E-state index >= 15 is 0 Å². The average Bonchev–Trinajstić information content (AvgIpc) is 3.97. The number of aromatic nitrogens is 4. The molecule has 0 amide bonds. The van der Waals surface area contributed by atoms with E-state index in [4.69, 9.17) is 23.8 Å². The summed E-state index contributed by atoms with van der Waals surface area (Å²) in [6, 6.07) is 62.5. The molecule has 6 heteroatoms. The third-order valence-corrected chi connectivity index (χ3v) is 11.1. The molecule has 57 heavy (non-hydrogen) atoms. The first-order chi connectivity index (χ1) is 28.3. The number of benzene rings is 8. The second-order valence-electron chi connectivity index (χ2n) is 14.3. The number of hydrogen-bond acceptors (Lipinski definition) is 5. The number of fused-ring (bicyclic) bond motifs is 9. The minimum atomic E-state index is 0.571. The first-order valence-corrected chi connectivity index (χ1v) is 19.0. The van der Waals surface area contributed by atoms with Crippen molar-refractivity contribution in [2.75, 3.05) is 0 Å². The van der Waals surface area contributed by atoms with Crippen LogP contribution in [0.1, 0.15) is 0 Å². The molecule has 6 nitrogen and oxygen atoms in total. The molecule has 0 aliphatic carbocycles. The molecule has 0 N–H and O–H groups in total. The predicted molar refractivity (Wildman–Crippen MR) is 230 cm³/mol. The van der Waals surface area contributed by atoms with Gasteiger partial charge in [-0.1, -0.05) is 146 Å². The normalized spacial score (nSPS) is 11.9. The summed E-state index contributed by atoms with van der Waals surface area (Å²) in [4.78, 5) is 15.7. The van der Waals surface area contributed by atoms with Gasteiger partial charge in [-0.3, -0.25) is 0 Å². The molecule has 12 aromatic rings. The molecule has 0 saturated heterocycles. The molecule has 0 atom stereocenters. The Morgan fingerprint density at radius 3 is 1.72 bits per heavy atom. The van der Waals surface area contributed by atoms with Crippen LogP contribution < -0.4 is 0 Å². The first kappa shape index (κ1) is 31.5. The molecule has 0 radical (unpaired) electrons. The minimum absolute atomic E-state index is 0.571. The Morgan fingerprint density at radius 2 is 0.895 bits per heavy atom. The van der Waals surface area contributed by atoms with E-state index in [1.807, 2.05) is 66.7 Å². The van der Waals surface area contributed by atoms with E-state index in [0.29, 0.717) is 17.5 Å². The highest BCUT2D eigenvalue weighted by atomic mass is 16.3. The van der Waals surface area contributed by atoms with Crippen molar-refractivity contribution in [1.82, 2.24) is 19.5 Å². The van der Waals surface area contributed by atoms with Crippen LogP contribution >= 0.6 is 0 Å². The molecule has 0 bridgehead atoms. The van der Waals surface area contributed by atoms with E-state index in [2.05, 4.69) is 120 Å². The van der Waals surface area contributed by atoms with Crippen LogP contribution in [0.4, 0.5) is 0 Å². The second-order valence-corrected chi connectivity index (χ2v) is 14.3. The van der Waals surface area contributed by atoms with Gasteiger partial charge >= 0.3 is 0 Å². The zero-order valence-corrected chi connectivity index (χ0v) is 30.4. The molecule has 4 aromatic heterocycles. The molecule has 4 heterocycles. The molecule has 0 unspecified atom stereocenters. The van der Waals surface area contributed by atoms with E-state index in [1.165, 1.54) is 0 Å². The minimum Gasteiger partial charge on any atom is -0.456 e. The monoisotopic (exact) mass is 730 g/mol. The smallest absolute Gasteiger partial charge is 0.166 e. The van der Waals surface area contributed by atoms with Crippen LogP contribution in [0.25, 0.3) is 117 Å². The molecule has 12 rings (SSSR count). The Bertz CT molecular complexity index is 3530. The summed E-state index contributed by atoms with van der Waals surface area (Å²) in [5, 5.41) is 6.36. The summed E-state index contributed by atoms with van der Waals surface area (Å²) in [6.07, 6.45) is 0. The summed E-state index contributed by atoms with van der Waals surface area (Å²) in [5.41, 5.74) is 11.2. The van der Waals surface area contributed by atoms with Gasteiger partial charge in [0.1, 0.15) is 16.7 Å². The van der Waals surface area contributed by atoms with Crippen molar-refractivity contribution in [2.45, 2.75) is 0 Å². The summed E-state index contributed by atoms with van der Waals surface area (Å²) in [7, 11) is 0. The molecular formula is C51H30N4O2. The van der Waals surface area contributed by atoms with Gasteiger partial charge in [-0.2, -0.15) is 0 Å². The third kappa shape index (κ3) is 4.81. The van der Waals surface area contributed by atoms with Crippen molar-refractivity contribution < 1.29 is 8.83 Å².